The quantitative estimate of drug-likeness (QED) is 0.437. The van der Waals surface area contributed by atoms with E-state index in [9.17, 15) is 21.6 Å². The van der Waals surface area contributed by atoms with Gasteiger partial charge in [-0.15, -0.1) is 0 Å². The van der Waals surface area contributed by atoms with Crippen LogP contribution in [-0.2, 0) is 25.5 Å². The fourth-order valence-corrected chi connectivity index (χ4v) is 3.75. The molecule has 10 heteroatoms. The molecule has 1 heterocycles. The van der Waals surface area contributed by atoms with Gasteiger partial charge in [-0.25, -0.2) is 0 Å². The van der Waals surface area contributed by atoms with Crippen LogP contribution in [0.3, 0.4) is 0 Å². The van der Waals surface area contributed by atoms with E-state index in [1.807, 2.05) is 0 Å². The first kappa shape index (κ1) is 21.8. The Morgan fingerprint density at radius 3 is 2.37 bits per heavy atom. The van der Waals surface area contributed by atoms with Crippen molar-refractivity contribution in [3.63, 3.8) is 0 Å². The minimum Gasteiger partial charge on any atom is -0.398 e. The highest BCUT2D eigenvalue weighted by Crippen LogP contribution is 2.43. The standard InChI is InChI=1S/C17H21ClF3NO4S/c1-15(2)9-14(25-27(23,24)17(19,20)21)11(16(3,4)26-15)7-10-5-6-12(18)13(22)8-10/h5-6,8-9,11H,7,22H2,1-4H3/t11-/m0/s1. The van der Waals surface area contributed by atoms with Crippen molar-refractivity contribution in [3.8, 4) is 0 Å². The molecule has 0 saturated carbocycles. The highest BCUT2D eigenvalue weighted by Gasteiger charge is 2.52. The van der Waals surface area contributed by atoms with Gasteiger partial charge in [0, 0.05) is 0 Å². The van der Waals surface area contributed by atoms with Crippen LogP contribution >= 0.6 is 11.6 Å². The molecule has 0 aliphatic carbocycles. The number of hydrogen-bond donors (Lipinski definition) is 1. The molecule has 0 spiro atoms. The number of anilines is 1. The topological polar surface area (TPSA) is 78.6 Å². The summed E-state index contributed by atoms with van der Waals surface area (Å²) < 4.78 is 72.1. The van der Waals surface area contributed by atoms with Gasteiger partial charge in [-0.3, -0.25) is 0 Å². The summed E-state index contributed by atoms with van der Waals surface area (Å²) in [5, 5.41) is 0.339. The second-order valence-electron chi connectivity index (χ2n) is 7.45. The van der Waals surface area contributed by atoms with Crippen molar-refractivity contribution in [2.24, 2.45) is 5.92 Å². The third-order valence-corrected chi connectivity index (χ3v) is 5.51. The van der Waals surface area contributed by atoms with Crippen LogP contribution in [0.25, 0.3) is 0 Å². The number of nitrogens with two attached hydrogens (primary N) is 1. The molecule has 1 aromatic rings. The largest absolute Gasteiger partial charge is 0.534 e. The van der Waals surface area contributed by atoms with Gasteiger partial charge in [0.1, 0.15) is 5.76 Å². The van der Waals surface area contributed by atoms with Gasteiger partial charge < -0.3 is 14.7 Å². The summed E-state index contributed by atoms with van der Waals surface area (Å²) in [5.74, 6) is -1.12. The predicted molar refractivity (Wildman–Crippen MR) is 96.4 cm³/mol. The second-order valence-corrected chi connectivity index (χ2v) is 9.40. The van der Waals surface area contributed by atoms with Crippen molar-refractivity contribution in [1.29, 1.82) is 0 Å². The van der Waals surface area contributed by atoms with Gasteiger partial charge in [-0.2, -0.15) is 21.6 Å². The van der Waals surface area contributed by atoms with Crippen molar-refractivity contribution in [1.82, 2.24) is 0 Å². The van der Waals surface area contributed by atoms with Crippen LogP contribution < -0.4 is 5.73 Å². The van der Waals surface area contributed by atoms with Gasteiger partial charge >= 0.3 is 15.6 Å². The zero-order valence-electron chi connectivity index (χ0n) is 15.2. The lowest BCUT2D eigenvalue weighted by Gasteiger charge is -2.45. The average molecular weight is 428 g/mol. The molecule has 2 rings (SSSR count). The van der Waals surface area contributed by atoms with Crippen LogP contribution in [-0.4, -0.2) is 25.1 Å². The highest BCUT2D eigenvalue weighted by atomic mass is 35.5. The Balaban J connectivity index is 2.47. The summed E-state index contributed by atoms with van der Waals surface area (Å²) in [4.78, 5) is 0. The number of benzene rings is 1. The van der Waals surface area contributed by atoms with Gasteiger partial charge in [0.25, 0.3) is 0 Å². The maximum atomic E-state index is 12.8. The number of ether oxygens (including phenoxy) is 1. The lowest BCUT2D eigenvalue weighted by atomic mass is 9.79. The van der Waals surface area contributed by atoms with Crippen molar-refractivity contribution >= 4 is 27.4 Å². The molecule has 1 atom stereocenters. The van der Waals surface area contributed by atoms with Crippen LogP contribution in [0.4, 0.5) is 18.9 Å². The Morgan fingerprint density at radius 1 is 1.26 bits per heavy atom. The van der Waals surface area contributed by atoms with E-state index >= 15 is 0 Å². The van der Waals surface area contributed by atoms with E-state index in [-0.39, 0.29) is 12.2 Å². The maximum absolute atomic E-state index is 12.8. The van der Waals surface area contributed by atoms with E-state index < -0.39 is 32.7 Å². The van der Waals surface area contributed by atoms with Crippen molar-refractivity contribution in [2.75, 3.05) is 5.73 Å². The van der Waals surface area contributed by atoms with Gasteiger partial charge in [0.2, 0.25) is 0 Å². The molecule has 27 heavy (non-hydrogen) atoms. The summed E-state index contributed by atoms with van der Waals surface area (Å²) in [6.45, 7) is 6.54. The first-order valence-corrected chi connectivity index (χ1v) is 9.80. The Morgan fingerprint density at radius 2 is 1.85 bits per heavy atom. The second kappa shape index (κ2) is 6.86. The molecule has 0 fully saturated rings. The number of hydrogen-bond acceptors (Lipinski definition) is 5. The van der Waals surface area contributed by atoms with Gasteiger partial charge in [-0.1, -0.05) is 17.7 Å². The molecule has 0 bridgehead atoms. The van der Waals surface area contributed by atoms with E-state index in [1.54, 1.807) is 45.9 Å². The number of halogens is 4. The molecular weight excluding hydrogens is 407 g/mol. The molecule has 2 N–H and O–H groups in total. The first-order chi connectivity index (χ1) is 12.0. The van der Waals surface area contributed by atoms with E-state index in [2.05, 4.69) is 4.18 Å². The number of alkyl halides is 3. The normalized spacial score (nSPS) is 22.2. The molecule has 0 aromatic heterocycles. The Labute approximate surface area is 161 Å². The van der Waals surface area contributed by atoms with E-state index in [0.29, 0.717) is 16.3 Å². The summed E-state index contributed by atoms with van der Waals surface area (Å²) in [6, 6.07) is 4.79. The van der Waals surface area contributed by atoms with Crippen molar-refractivity contribution in [3.05, 3.63) is 40.6 Å². The third-order valence-electron chi connectivity index (χ3n) is 4.19. The maximum Gasteiger partial charge on any atom is 0.534 e. The van der Waals surface area contributed by atoms with Crippen LogP contribution in [0.2, 0.25) is 5.02 Å². The molecule has 1 aromatic carbocycles. The zero-order chi connectivity index (χ0) is 20.8. The molecule has 0 unspecified atom stereocenters. The lowest BCUT2D eigenvalue weighted by molar-refractivity contribution is -0.141. The molecule has 0 amide bonds. The van der Waals surface area contributed by atoms with Gasteiger partial charge in [-0.05, 0) is 57.9 Å². The number of rotatable bonds is 4. The average Bonchev–Trinajstić information content (AvgIpc) is 2.43. The van der Waals surface area contributed by atoms with Gasteiger partial charge in [0.05, 0.1) is 27.8 Å². The molecule has 1 aliphatic rings. The van der Waals surface area contributed by atoms with Crippen molar-refractivity contribution < 1.29 is 30.5 Å². The van der Waals surface area contributed by atoms with Crippen LogP contribution in [0, 0.1) is 5.92 Å². The van der Waals surface area contributed by atoms with E-state index in [4.69, 9.17) is 22.1 Å². The van der Waals surface area contributed by atoms with Crippen LogP contribution in [0.5, 0.6) is 0 Å². The first-order valence-electron chi connectivity index (χ1n) is 8.02. The minimum absolute atomic E-state index is 0.143. The lowest BCUT2D eigenvalue weighted by Crippen LogP contribution is -2.48. The summed E-state index contributed by atoms with van der Waals surface area (Å²) in [7, 11) is -5.81. The van der Waals surface area contributed by atoms with Gasteiger partial charge in [0.15, 0.2) is 0 Å². The molecular formula is C17H21ClF3NO4S. The zero-order valence-corrected chi connectivity index (χ0v) is 16.8. The summed E-state index contributed by atoms with van der Waals surface area (Å²) in [6.07, 6.45) is 1.40. The molecule has 5 nitrogen and oxygen atoms in total. The smallest absolute Gasteiger partial charge is 0.398 e. The molecule has 152 valence electrons. The highest BCUT2D eigenvalue weighted by molar-refractivity contribution is 7.87. The minimum atomic E-state index is -5.81. The Bertz CT molecular complexity index is 863. The monoisotopic (exact) mass is 427 g/mol. The Hall–Kier alpha value is -1.45. The van der Waals surface area contributed by atoms with Crippen molar-refractivity contribution in [2.45, 2.75) is 50.8 Å². The number of nitrogen functional groups attached to an aromatic ring is 1. The van der Waals surface area contributed by atoms with Crippen LogP contribution in [0.1, 0.15) is 33.3 Å². The SMILES string of the molecule is CC1(C)C=C(OS(=O)(=O)C(F)(F)F)[C@H](Cc2ccc(Cl)c(N)c2)C(C)(C)O1. The fraction of sp³-hybridized carbons (Fsp3) is 0.529. The molecule has 1 aliphatic heterocycles. The fourth-order valence-electron chi connectivity index (χ4n) is 3.12. The Kier molecular flexibility index (Phi) is 5.55. The third kappa shape index (κ3) is 4.89. The molecule has 0 radical (unpaired) electrons. The van der Waals surface area contributed by atoms with E-state index in [1.165, 1.54) is 6.08 Å². The predicted octanol–water partition coefficient (Wildman–Crippen LogP) is 4.42. The summed E-state index contributed by atoms with van der Waals surface area (Å²) in [5.41, 5.74) is -0.831. The molecule has 0 saturated heterocycles. The van der Waals surface area contributed by atoms with Crippen LogP contribution in [0.15, 0.2) is 30.0 Å². The summed E-state index contributed by atoms with van der Waals surface area (Å²) >= 11 is 5.89. The van der Waals surface area contributed by atoms with E-state index in [0.717, 1.165) is 0 Å².